The van der Waals surface area contributed by atoms with E-state index in [0.29, 0.717) is 15.6 Å². The van der Waals surface area contributed by atoms with Crippen LogP contribution in [0.3, 0.4) is 0 Å². The molecule has 0 amide bonds. The molecule has 0 aromatic heterocycles. The van der Waals surface area contributed by atoms with Gasteiger partial charge in [-0.1, -0.05) is 25.6 Å². The highest BCUT2D eigenvalue weighted by atomic mass is 79.9. The first kappa shape index (κ1) is 13.8. The predicted octanol–water partition coefficient (Wildman–Crippen LogP) is 4.27. The fraction of sp³-hybridized carbons (Fsp3) is 0.417. The summed E-state index contributed by atoms with van der Waals surface area (Å²) < 4.78 is 26.9. The number of anilines is 1. The van der Waals surface area contributed by atoms with E-state index < -0.39 is 11.6 Å². The van der Waals surface area contributed by atoms with Crippen LogP contribution < -0.4 is 5.32 Å². The van der Waals surface area contributed by atoms with Gasteiger partial charge in [0.1, 0.15) is 5.82 Å². The van der Waals surface area contributed by atoms with Crippen LogP contribution in [0.2, 0.25) is 0 Å². The summed E-state index contributed by atoms with van der Waals surface area (Å²) in [6, 6.07) is 2.33. The highest BCUT2D eigenvalue weighted by molar-refractivity contribution is 9.10. The Morgan fingerprint density at radius 2 is 2.17 bits per heavy atom. The van der Waals surface area contributed by atoms with Gasteiger partial charge in [-0.05, 0) is 27.9 Å². The summed E-state index contributed by atoms with van der Waals surface area (Å²) in [6.07, 6.45) is 0. The lowest BCUT2D eigenvalue weighted by Gasteiger charge is -2.09. The van der Waals surface area contributed by atoms with E-state index >= 15 is 0 Å². The maximum atomic E-state index is 13.6. The van der Waals surface area contributed by atoms with E-state index in [1.54, 1.807) is 11.8 Å². The van der Waals surface area contributed by atoms with Crippen LogP contribution in [0.4, 0.5) is 14.5 Å². The second kappa shape index (κ2) is 5.57. The normalized spacial score (nSPS) is 19.2. The maximum absolute atomic E-state index is 13.6. The van der Waals surface area contributed by atoms with Gasteiger partial charge < -0.3 is 5.32 Å². The number of nitrogens with one attached hydrogen (secondary N) is 1. The molecule has 1 heterocycles. The molecule has 18 heavy (non-hydrogen) atoms. The van der Waals surface area contributed by atoms with Gasteiger partial charge in [0.25, 0.3) is 0 Å². The molecule has 6 heteroatoms. The average molecular weight is 335 g/mol. The molecule has 0 saturated carbocycles. The molecule has 1 aliphatic heterocycles. The highest BCUT2D eigenvalue weighted by Gasteiger charge is 2.22. The Bertz CT molecular complexity index is 468. The summed E-state index contributed by atoms with van der Waals surface area (Å²) in [7, 11) is 0. The standard InChI is InChI=1S/C12H13BrF2N2S/c1-6(2)10-5-18-12(16-10)17-11-8(13)3-7(14)4-9(11)15/h3-4,6,10H,5H2,1-2H3,(H,16,17)/t10-/m1/s1. The van der Waals surface area contributed by atoms with Gasteiger partial charge in [0.15, 0.2) is 11.0 Å². The monoisotopic (exact) mass is 334 g/mol. The lowest BCUT2D eigenvalue weighted by atomic mass is 10.1. The van der Waals surface area contributed by atoms with Crippen LogP contribution in [0.5, 0.6) is 0 Å². The smallest absolute Gasteiger partial charge is 0.161 e. The Balaban J connectivity index is 2.18. The molecule has 2 nitrogen and oxygen atoms in total. The van der Waals surface area contributed by atoms with Crippen molar-refractivity contribution in [3.8, 4) is 0 Å². The van der Waals surface area contributed by atoms with E-state index in [1.807, 2.05) is 0 Å². The van der Waals surface area contributed by atoms with E-state index in [2.05, 4.69) is 40.1 Å². The van der Waals surface area contributed by atoms with Crippen LogP contribution >= 0.6 is 27.7 Å². The van der Waals surface area contributed by atoms with Crippen LogP contribution in [0.1, 0.15) is 13.8 Å². The van der Waals surface area contributed by atoms with Crippen molar-refractivity contribution in [3.05, 3.63) is 28.2 Å². The second-order valence-electron chi connectivity index (χ2n) is 4.43. The molecule has 0 saturated heterocycles. The van der Waals surface area contributed by atoms with Crippen LogP contribution in [0, 0.1) is 17.6 Å². The summed E-state index contributed by atoms with van der Waals surface area (Å²) in [5, 5.41) is 3.59. The molecule has 0 unspecified atom stereocenters. The number of nitrogens with zero attached hydrogens (tertiary/aromatic N) is 1. The molecule has 2 rings (SSSR count). The molecule has 0 aliphatic carbocycles. The van der Waals surface area contributed by atoms with Gasteiger partial charge in [-0.3, -0.25) is 4.99 Å². The Morgan fingerprint density at radius 1 is 1.44 bits per heavy atom. The van der Waals surface area contributed by atoms with Crippen LogP contribution in [0.15, 0.2) is 21.6 Å². The maximum Gasteiger partial charge on any atom is 0.161 e. The number of rotatable bonds is 2. The Kier molecular flexibility index (Phi) is 4.27. The molecule has 0 radical (unpaired) electrons. The number of thioether (sulfide) groups is 1. The lowest BCUT2D eigenvalue weighted by Crippen LogP contribution is -2.12. The Labute approximate surface area is 117 Å². The average Bonchev–Trinajstić information content (AvgIpc) is 2.71. The molecule has 0 fully saturated rings. The zero-order valence-corrected chi connectivity index (χ0v) is 12.4. The van der Waals surface area contributed by atoms with Crippen molar-refractivity contribution in [2.24, 2.45) is 10.9 Å². The zero-order chi connectivity index (χ0) is 13.3. The minimum atomic E-state index is -0.627. The Morgan fingerprint density at radius 3 is 2.72 bits per heavy atom. The molecular formula is C12H13BrF2N2S. The SMILES string of the molecule is CC(C)[C@H]1CSC(Nc2c(F)cc(F)cc2Br)=N1. The van der Waals surface area contributed by atoms with Crippen LogP contribution in [0.25, 0.3) is 0 Å². The zero-order valence-electron chi connectivity index (χ0n) is 10.0. The minimum Gasteiger partial charge on any atom is -0.332 e. The fourth-order valence-corrected chi connectivity index (χ4v) is 3.25. The first-order valence-electron chi connectivity index (χ1n) is 5.59. The molecule has 1 N–H and O–H groups in total. The molecule has 0 bridgehead atoms. The van der Waals surface area contributed by atoms with Crippen molar-refractivity contribution < 1.29 is 8.78 Å². The summed E-state index contributed by atoms with van der Waals surface area (Å²) in [5.74, 6) is 0.114. The third kappa shape index (κ3) is 3.03. The van der Waals surface area contributed by atoms with Crippen molar-refractivity contribution in [3.63, 3.8) is 0 Å². The lowest BCUT2D eigenvalue weighted by molar-refractivity contribution is 0.543. The van der Waals surface area contributed by atoms with Crippen LogP contribution in [-0.4, -0.2) is 17.0 Å². The largest absolute Gasteiger partial charge is 0.332 e. The Hall–Kier alpha value is -0.620. The molecule has 98 valence electrons. The first-order chi connectivity index (χ1) is 8.47. The van der Waals surface area contributed by atoms with E-state index in [9.17, 15) is 8.78 Å². The minimum absolute atomic E-state index is 0.229. The summed E-state index contributed by atoms with van der Waals surface area (Å²) in [5.41, 5.74) is 0.229. The van der Waals surface area contributed by atoms with Gasteiger partial charge in [0.05, 0.1) is 11.7 Å². The molecular weight excluding hydrogens is 322 g/mol. The van der Waals surface area contributed by atoms with Crippen molar-refractivity contribution in [2.45, 2.75) is 19.9 Å². The third-order valence-corrected chi connectivity index (χ3v) is 4.30. The number of amidine groups is 1. The van der Waals surface area contributed by atoms with Gasteiger partial charge in [0, 0.05) is 16.3 Å². The van der Waals surface area contributed by atoms with Gasteiger partial charge in [-0.25, -0.2) is 8.78 Å². The fourth-order valence-electron chi connectivity index (χ4n) is 1.57. The predicted molar refractivity (Wildman–Crippen MR) is 76.2 cm³/mol. The molecule has 1 aliphatic rings. The summed E-state index contributed by atoms with van der Waals surface area (Å²) >= 11 is 4.70. The summed E-state index contributed by atoms with van der Waals surface area (Å²) in [6.45, 7) is 4.21. The molecule has 0 spiro atoms. The molecule has 1 aromatic rings. The number of hydrogen-bond donors (Lipinski definition) is 1. The van der Waals surface area contributed by atoms with E-state index in [0.717, 1.165) is 11.8 Å². The second-order valence-corrected chi connectivity index (χ2v) is 6.29. The summed E-state index contributed by atoms with van der Waals surface area (Å²) in [4.78, 5) is 4.47. The third-order valence-electron chi connectivity index (χ3n) is 2.68. The molecule has 1 atom stereocenters. The number of hydrogen-bond acceptors (Lipinski definition) is 3. The van der Waals surface area contributed by atoms with Gasteiger partial charge >= 0.3 is 0 Å². The van der Waals surface area contributed by atoms with Crippen LogP contribution in [-0.2, 0) is 0 Å². The highest BCUT2D eigenvalue weighted by Crippen LogP contribution is 2.30. The van der Waals surface area contributed by atoms with Gasteiger partial charge in [-0.2, -0.15) is 0 Å². The van der Waals surface area contributed by atoms with E-state index in [4.69, 9.17) is 0 Å². The van der Waals surface area contributed by atoms with Crippen molar-refractivity contribution in [2.75, 3.05) is 11.1 Å². The first-order valence-corrected chi connectivity index (χ1v) is 7.37. The molecule has 1 aromatic carbocycles. The van der Waals surface area contributed by atoms with Crippen molar-refractivity contribution >= 4 is 38.5 Å². The topological polar surface area (TPSA) is 24.4 Å². The van der Waals surface area contributed by atoms with E-state index in [-0.39, 0.29) is 11.7 Å². The number of benzene rings is 1. The van der Waals surface area contributed by atoms with E-state index in [1.165, 1.54) is 6.07 Å². The van der Waals surface area contributed by atoms with Gasteiger partial charge in [-0.15, -0.1) is 0 Å². The number of halogens is 3. The van der Waals surface area contributed by atoms with Gasteiger partial charge in [0.2, 0.25) is 0 Å². The quantitative estimate of drug-likeness (QED) is 0.873. The van der Waals surface area contributed by atoms with Crippen molar-refractivity contribution in [1.82, 2.24) is 0 Å². The number of aliphatic imine (C=N–C) groups is 1. The van der Waals surface area contributed by atoms with Crippen molar-refractivity contribution in [1.29, 1.82) is 0 Å².